The molecule has 0 N–H and O–H groups in total. The van der Waals surface area contributed by atoms with E-state index >= 15 is 0 Å². The smallest absolute Gasteiger partial charge is 0.253 e. The number of carbonyl (C=O) groups excluding carboxylic acids is 1. The molecule has 3 aromatic rings. The number of aryl methyl sites for hydroxylation is 1. The van der Waals surface area contributed by atoms with E-state index in [4.69, 9.17) is 16.1 Å². The molecule has 0 aliphatic carbocycles. The zero-order valence-corrected chi connectivity index (χ0v) is 16.4. The second-order valence-electron chi connectivity index (χ2n) is 6.95. The maximum atomic E-state index is 12.6. The van der Waals surface area contributed by atoms with Crippen LogP contribution < -0.4 is 0 Å². The van der Waals surface area contributed by atoms with E-state index in [9.17, 15) is 4.79 Å². The summed E-state index contributed by atoms with van der Waals surface area (Å²) in [6.45, 7) is 5.49. The zero-order chi connectivity index (χ0) is 19.5. The molecule has 1 amide bonds. The summed E-state index contributed by atoms with van der Waals surface area (Å²) < 4.78 is 5.41. The molecular weight excluding hydrogens is 376 g/mol. The fourth-order valence-electron chi connectivity index (χ4n) is 3.21. The molecular formula is C21H21ClN4O2. The van der Waals surface area contributed by atoms with Crippen molar-refractivity contribution in [3.05, 3.63) is 70.6 Å². The molecule has 1 aromatic heterocycles. The minimum absolute atomic E-state index is 0.0377. The number of piperazine rings is 1. The molecule has 7 heteroatoms. The van der Waals surface area contributed by atoms with Crippen molar-refractivity contribution < 1.29 is 9.32 Å². The van der Waals surface area contributed by atoms with E-state index < -0.39 is 0 Å². The van der Waals surface area contributed by atoms with Gasteiger partial charge in [-0.15, -0.1) is 0 Å². The molecule has 0 bridgehead atoms. The fraction of sp³-hybridized carbons (Fsp3) is 0.286. The van der Waals surface area contributed by atoms with Crippen molar-refractivity contribution in [1.82, 2.24) is 19.9 Å². The molecule has 0 unspecified atom stereocenters. The molecule has 2 aromatic carbocycles. The van der Waals surface area contributed by atoms with Crippen LogP contribution >= 0.6 is 11.6 Å². The van der Waals surface area contributed by atoms with Crippen LogP contribution in [0.4, 0.5) is 0 Å². The molecule has 28 heavy (non-hydrogen) atoms. The summed E-state index contributed by atoms with van der Waals surface area (Å²) in [4.78, 5) is 21.2. The highest BCUT2D eigenvalue weighted by atomic mass is 35.5. The topological polar surface area (TPSA) is 62.5 Å². The molecule has 1 aliphatic heterocycles. The second-order valence-corrected chi connectivity index (χ2v) is 7.39. The van der Waals surface area contributed by atoms with Gasteiger partial charge in [0.25, 0.3) is 5.91 Å². The molecule has 144 valence electrons. The van der Waals surface area contributed by atoms with Gasteiger partial charge >= 0.3 is 0 Å². The monoisotopic (exact) mass is 396 g/mol. The van der Waals surface area contributed by atoms with Crippen LogP contribution in [0.2, 0.25) is 5.02 Å². The Morgan fingerprint density at radius 3 is 2.39 bits per heavy atom. The van der Waals surface area contributed by atoms with Crippen LogP contribution in [-0.4, -0.2) is 52.0 Å². The van der Waals surface area contributed by atoms with E-state index in [-0.39, 0.29) is 5.91 Å². The summed E-state index contributed by atoms with van der Waals surface area (Å²) in [6.07, 6.45) is 0. The molecule has 0 spiro atoms. The van der Waals surface area contributed by atoms with E-state index in [0.717, 1.165) is 18.7 Å². The third-order valence-electron chi connectivity index (χ3n) is 4.89. The number of hydrogen-bond acceptors (Lipinski definition) is 5. The Labute approximate surface area is 168 Å². The van der Waals surface area contributed by atoms with Gasteiger partial charge < -0.3 is 9.42 Å². The highest BCUT2D eigenvalue weighted by Crippen LogP contribution is 2.18. The Morgan fingerprint density at radius 1 is 1.04 bits per heavy atom. The summed E-state index contributed by atoms with van der Waals surface area (Å²) in [7, 11) is 0. The lowest BCUT2D eigenvalue weighted by Gasteiger charge is -2.34. The van der Waals surface area contributed by atoms with Crippen LogP contribution in [0.3, 0.4) is 0 Å². The van der Waals surface area contributed by atoms with Crippen molar-refractivity contribution in [3.63, 3.8) is 0 Å². The van der Waals surface area contributed by atoms with Crippen LogP contribution in [0, 0.1) is 6.92 Å². The molecule has 0 radical (unpaired) electrons. The molecule has 1 aliphatic rings. The van der Waals surface area contributed by atoms with Crippen LogP contribution in [0.15, 0.2) is 53.1 Å². The van der Waals surface area contributed by atoms with E-state index in [1.807, 2.05) is 36.1 Å². The number of aromatic nitrogens is 2. The largest absolute Gasteiger partial charge is 0.338 e. The molecule has 1 fully saturated rings. The van der Waals surface area contributed by atoms with Gasteiger partial charge in [-0.2, -0.15) is 4.98 Å². The van der Waals surface area contributed by atoms with E-state index in [0.29, 0.717) is 41.9 Å². The van der Waals surface area contributed by atoms with Crippen molar-refractivity contribution >= 4 is 17.5 Å². The summed E-state index contributed by atoms with van der Waals surface area (Å²) in [5.74, 6) is 1.23. The van der Waals surface area contributed by atoms with Gasteiger partial charge in [-0.25, -0.2) is 0 Å². The number of nitrogens with zero attached hydrogens (tertiary/aromatic N) is 4. The van der Waals surface area contributed by atoms with E-state index in [1.54, 1.807) is 24.3 Å². The first kappa shape index (κ1) is 18.7. The van der Waals surface area contributed by atoms with Gasteiger partial charge in [-0.05, 0) is 31.2 Å². The number of amides is 1. The normalized spacial score (nSPS) is 15.0. The van der Waals surface area contributed by atoms with E-state index in [2.05, 4.69) is 15.0 Å². The third-order valence-corrected chi connectivity index (χ3v) is 5.14. The summed E-state index contributed by atoms with van der Waals surface area (Å²) >= 11 is 5.89. The lowest BCUT2D eigenvalue weighted by Crippen LogP contribution is -2.48. The lowest BCUT2D eigenvalue weighted by atomic mass is 10.1. The molecule has 1 saturated heterocycles. The van der Waals surface area contributed by atoms with Crippen LogP contribution in [0.25, 0.3) is 11.4 Å². The van der Waals surface area contributed by atoms with E-state index in [1.165, 1.54) is 5.56 Å². The molecule has 2 heterocycles. The standard InChI is InChI=1S/C21H21ClN4O2/c1-15-2-4-16(5-3-15)20-23-19(28-24-20)14-25-10-12-26(13-11-25)21(27)17-6-8-18(22)9-7-17/h2-9H,10-14H2,1H3. The Morgan fingerprint density at radius 2 is 1.71 bits per heavy atom. The Balaban J connectivity index is 1.33. The van der Waals surface area contributed by atoms with Crippen LogP contribution in [0.5, 0.6) is 0 Å². The van der Waals surface area contributed by atoms with Gasteiger partial charge in [0.2, 0.25) is 11.7 Å². The quantitative estimate of drug-likeness (QED) is 0.673. The second kappa shape index (κ2) is 8.12. The summed E-state index contributed by atoms with van der Waals surface area (Å²) in [6, 6.07) is 15.1. The molecule has 4 rings (SSSR count). The van der Waals surface area contributed by atoms with Crippen molar-refractivity contribution in [1.29, 1.82) is 0 Å². The maximum Gasteiger partial charge on any atom is 0.253 e. The minimum Gasteiger partial charge on any atom is -0.338 e. The van der Waals surface area contributed by atoms with Gasteiger partial charge in [0.05, 0.1) is 6.54 Å². The van der Waals surface area contributed by atoms with Crippen LogP contribution in [-0.2, 0) is 6.54 Å². The zero-order valence-electron chi connectivity index (χ0n) is 15.6. The summed E-state index contributed by atoms with van der Waals surface area (Å²) in [5.41, 5.74) is 2.80. The van der Waals surface area contributed by atoms with Gasteiger partial charge in [0, 0.05) is 42.3 Å². The minimum atomic E-state index is 0.0377. The first-order chi connectivity index (χ1) is 13.6. The average molecular weight is 397 g/mol. The summed E-state index contributed by atoms with van der Waals surface area (Å²) in [5, 5.41) is 4.71. The van der Waals surface area contributed by atoms with Crippen molar-refractivity contribution in [2.45, 2.75) is 13.5 Å². The van der Waals surface area contributed by atoms with Crippen molar-refractivity contribution in [2.75, 3.05) is 26.2 Å². The molecule has 0 atom stereocenters. The molecule has 6 nitrogen and oxygen atoms in total. The Hall–Kier alpha value is -2.70. The Bertz CT molecular complexity index is 945. The predicted octanol–water partition coefficient (Wildman–Crippen LogP) is 3.66. The number of carbonyl (C=O) groups is 1. The first-order valence-electron chi connectivity index (χ1n) is 9.25. The van der Waals surface area contributed by atoms with Gasteiger partial charge in [0.15, 0.2) is 0 Å². The third kappa shape index (κ3) is 4.24. The number of hydrogen-bond donors (Lipinski definition) is 0. The fourth-order valence-corrected chi connectivity index (χ4v) is 3.34. The first-order valence-corrected chi connectivity index (χ1v) is 9.63. The van der Waals surface area contributed by atoms with Gasteiger partial charge in [-0.1, -0.05) is 46.6 Å². The predicted molar refractivity (Wildman–Crippen MR) is 107 cm³/mol. The van der Waals surface area contributed by atoms with Crippen LogP contribution in [0.1, 0.15) is 21.8 Å². The number of halogens is 1. The maximum absolute atomic E-state index is 12.6. The number of benzene rings is 2. The average Bonchev–Trinajstić information content (AvgIpc) is 3.18. The van der Waals surface area contributed by atoms with Crippen molar-refractivity contribution in [2.24, 2.45) is 0 Å². The van der Waals surface area contributed by atoms with Gasteiger partial charge in [0.1, 0.15) is 0 Å². The lowest BCUT2D eigenvalue weighted by molar-refractivity contribution is 0.0615. The van der Waals surface area contributed by atoms with Crippen molar-refractivity contribution in [3.8, 4) is 11.4 Å². The Kier molecular flexibility index (Phi) is 5.41. The molecule has 0 saturated carbocycles. The van der Waals surface area contributed by atoms with Gasteiger partial charge in [-0.3, -0.25) is 9.69 Å². The SMILES string of the molecule is Cc1ccc(-c2noc(CN3CCN(C(=O)c4ccc(Cl)cc4)CC3)n2)cc1. The highest BCUT2D eigenvalue weighted by molar-refractivity contribution is 6.30. The number of rotatable bonds is 4. The highest BCUT2D eigenvalue weighted by Gasteiger charge is 2.23.